The van der Waals surface area contributed by atoms with E-state index in [9.17, 15) is 28.4 Å². The minimum Gasteiger partial charge on any atom is -0.463 e. The lowest BCUT2D eigenvalue weighted by Crippen LogP contribution is -2.59. The average molecular weight is 661 g/mol. The van der Waals surface area contributed by atoms with Crippen LogP contribution < -0.4 is 0 Å². The van der Waals surface area contributed by atoms with Gasteiger partial charge < -0.3 is 23.7 Å². The number of aldehydes is 1. The number of carbonyl (C=O) groups excluding carboxylic acids is 5. The molecule has 0 N–H and O–H groups in total. The lowest BCUT2D eigenvalue weighted by molar-refractivity contribution is -0.254. The van der Waals surface area contributed by atoms with Crippen LogP contribution in [0.3, 0.4) is 0 Å². The molecule has 1 aromatic heterocycles. The Labute approximate surface area is 267 Å². The van der Waals surface area contributed by atoms with E-state index in [-0.39, 0.29) is 12.2 Å². The highest BCUT2D eigenvalue weighted by molar-refractivity contribution is 7.15. The third kappa shape index (κ3) is 8.53. The minimum absolute atomic E-state index is 0.0265. The van der Waals surface area contributed by atoms with Crippen LogP contribution in [0.1, 0.15) is 60.2 Å². The van der Waals surface area contributed by atoms with Crippen LogP contribution >= 0.6 is 22.9 Å². The van der Waals surface area contributed by atoms with Crippen molar-refractivity contribution in [3.05, 3.63) is 80.9 Å². The van der Waals surface area contributed by atoms with E-state index in [0.29, 0.717) is 34.4 Å². The first-order chi connectivity index (χ1) is 21.4. The van der Waals surface area contributed by atoms with Crippen molar-refractivity contribution in [3.63, 3.8) is 0 Å². The van der Waals surface area contributed by atoms with Gasteiger partial charge in [-0.15, -0.1) is 11.3 Å². The van der Waals surface area contributed by atoms with Gasteiger partial charge in [-0.3, -0.25) is 24.0 Å². The van der Waals surface area contributed by atoms with Gasteiger partial charge in [0.15, 0.2) is 24.6 Å². The molecule has 3 aromatic rings. The Morgan fingerprint density at radius 1 is 0.867 bits per heavy atom. The van der Waals surface area contributed by atoms with Gasteiger partial charge in [-0.1, -0.05) is 29.8 Å². The third-order valence-electron chi connectivity index (χ3n) is 6.83. The summed E-state index contributed by atoms with van der Waals surface area (Å²) >= 11 is 8.00. The van der Waals surface area contributed by atoms with E-state index in [4.69, 9.17) is 35.3 Å². The molecule has 238 valence electrons. The average Bonchev–Trinajstić information content (AvgIpc) is 3.43. The van der Waals surface area contributed by atoms with Crippen molar-refractivity contribution in [3.8, 4) is 10.4 Å². The van der Waals surface area contributed by atoms with E-state index in [0.717, 1.165) is 23.6 Å². The van der Waals surface area contributed by atoms with E-state index in [1.807, 2.05) is 12.1 Å². The first kappa shape index (κ1) is 33.8. The fourth-order valence-corrected chi connectivity index (χ4v) is 6.21. The van der Waals surface area contributed by atoms with Crippen molar-refractivity contribution in [2.24, 2.45) is 0 Å². The molecule has 1 saturated heterocycles. The summed E-state index contributed by atoms with van der Waals surface area (Å²) in [5.41, 5.74) is 1.76. The molecule has 4 rings (SSSR count). The van der Waals surface area contributed by atoms with Crippen LogP contribution in [0.4, 0.5) is 4.39 Å². The number of esters is 4. The number of halogens is 2. The van der Waals surface area contributed by atoms with Crippen LogP contribution in [0, 0.1) is 5.82 Å². The van der Waals surface area contributed by atoms with Crippen molar-refractivity contribution < 1.29 is 52.0 Å². The molecule has 5 atom stereocenters. The maximum atomic E-state index is 14.2. The van der Waals surface area contributed by atoms with E-state index >= 15 is 0 Å². The summed E-state index contributed by atoms with van der Waals surface area (Å²) < 4.78 is 42.2. The summed E-state index contributed by atoms with van der Waals surface area (Å²) in [7, 11) is 0. The summed E-state index contributed by atoms with van der Waals surface area (Å²) in [6, 6.07) is 13.2. The Balaban J connectivity index is 1.70. The first-order valence-electron chi connectivity index (χ1n) is 13.8. The van der Waals surface area contributed by atoms with Gasteiger partial charge in [-0.25, -0.2) is 4.39 Å². The molecule has 0 saturated carbocycles. The van der Waals surface area contributed by atoms with Crippen LogP contribution in [0.15, 0.2) is 48.5 Å². The second-order valence-electron chi connectivity index (χ2n) is 10.3. The highest BCUT2D eigenvalue weighted by Crippen LogP contribution is 2.39. The highest BCUT2D eigenvalue weighted by atomic mass is 35.5. The Morgan fingerprint density at radius 3 is 2.16 bits per heavy atom. The fraction of sp³-hybridized carbons (Fsp3) is 0.344. The number of carbonyl (C=O) groups is 5. The second kappa shape index (κ2) is 14.8. The maximum absolute atomic E-state index is 14.2. The molecule has 0 radical (unpaired) electrons. The number of benzene rings is 2. The molecular weight excluding hydrogens is 631 g/mol. The molecule has 0 spiro atoms. The number of hydrogen-bond donors (Lipinski definition) is 0. The zero-order valence-electron chi connectivity index (χ0n) is 24.7. The van der Waals surface area contributed by atoms with Crippen molar-refractivity contribution >= 4 is 53.1 Å². The van der Waals surface area contributed by atoms with Crippen LogP contribution in [0.2, 0.25) is 5.02 Å². The normalized spacial score (nSPS) is 21.0. The van der Waals surface area contributed by atoms with E-state index < -0.39 is 60.2 Å². The zero-order chi connectivity index (χ0) is 32.8. The van der Waals surface area contributed by atoms with Crippen molar-refractivity contribution in [1.82, 2.24) is 0 Å². The summed E-state index contributed by atoms with van der Waals surface area (Å²) in [6.45, 7) is 4.33. The highest BCUT2D eigenvalue weighted by Gasteiger charge is 2.52. The molecule has 0 bridgehead atoms. The molecule has 1 aliphatic heterocycles. The van der Waals surface area contributed by atoms with Gasteiger partial charge in [0.1, 0.15) is 24.6 Å². The molecule has 0 amide bonds. The number of hydrogen-bond acceptors (Lipinski definition) is 11. The van der Waals surface area contributed by atoms with Crippen molar-refractivity contribution in [2.45, 2.75) is 64.6 Å². The van der Waals surface area contributed by atoms with Crippen LogP contribution in [0.25, 0.3) is 10.4 Å². The summed E-state index contributed by atoms with van der Waals surface area (Å²) in [5, 5.41) is 0.431. The molecule has 2 heterocycles. The molecular formula is C32H30ClFO10S. The molecule has 13 heteroatoms. The molecule has 0 unspecified atom stereocenters. The maximum Gasteiger partial charge on any atom is 0.303 e. The van der Waals surface area contributed by atoms with Crippen LogP contribution in [0.5, 0.6) is 0 Å². The largest absolute Gasteiger partial charge is 0.463 e. The minimum atomic E-state index is -1.31. The predicted octanol–water partition coefficient (Wildman–Crippen LogP) is 5.41. The molecule has 1 aliphatic rings. The van der Waals surface area contributed by atoms with Crippen molar-refractivity contribution in [2.75, 3.05) is 6.61 Å². The van der Waals surface area contributed by atoms with Gasteiger partial charge in [-0.05, 0) is 47.0 Å². The Morgan fingerprint density at radius 2 is 1.53 bits per heavy atom. The zero-order valence-corrected chi connectivity index (χ0v) is 26.3. The topological polar surface area (TPSA) is 132 Å². The van der Waals surface area contributed by atoms with E-state index in [2.05, 4.69) is 0 Å². The number of rotatable bonds is 10. The summed E-state index contributed by atoms with van der Waals surface area (Å²) in [4.78, 5) is 60.7. The van der Waals surface area contributed by atoms with Gasteiger partial charge >= 0.3 is 23.9 Å². The SMILES string of the molecule is CC(=O)OC[C@H]1O[C@@H](c2ccc(Cl)c(Cc3ccc(-c4ccc(C=O)c(F)c4)s3)c2)[C@H](OC(C)=O)[C@@H](OC(C)=O)[C@@H]1OC(C)=O. The monoisotopic (exact) mass is 660 g/mol. The standard InChI is InChI=1S/C32H30ClFO10S/c1-16(36)40-15-27-30(41-17(2)37)32(43-19(4)39)31(42-18(3)38)29(44-27)21-7-9-25(33)23(11-21)12-24-8-10-28(45-24)20-5-6-22(14-35)26(34)13-20/h5-11,13-14,27,29-32H,12,15H2,1-4H3/t27-,29+,30-,31+,32+/m1/s1. The fourth-order valence-electron chi connectivity index (χ4n) is 5.00. The lowest BCUT2D eigenvalue weighted by atomic mass is 9.89. The van der Waals surface area contributed by atoms with Gasteiger partial charge in [0.2, 0.25) is 0 Å². The quantitative estimate of drug-likeness (QED) is 0.158. The van der Waals surface area contributed by atoms with Gasteiger partial charge in [0, 0.05) is 48.9 Å². The first-order valence-corrected chi connectivity index (χ1v) is 15.0. The van der Waals surface area contributed by atoms with Gasteiger partial charge in [0.25, 0.3) is 0 Å². The van der Waals surface area contributed by atoms with E-state index in [1.54, 1.807) is 24.3 Å². The van der Waals surface area contributed by atoms with Crippen molar-refractivity contribution in [1.29, 1.82) is 0 Å². The summed E-state index contributed by atoms with van der Waals surface area (Å²) in [6.07, 6.45) is -5.15. The molecule has 10 nitrogen and oxygen atoms in total. The molecule has 45 heavy (non-hydrogen) atoms. The molecule has 2 aromatic carbocycles. The predicted molar refractivity (Wildman–Crippen MR) is 160 cm³/mol. The third-order valence-corrected chi connectivity index (χ3v) is 8.33. The molecule has 0 aliphatic carbocycles. The lowest BCUT2D eigenvalue weighted by Gasteiger charge is -2.44. The number of thiophene rings is 1. The Kier molecular flexibility index (Phi) is 11.1. The summed E-state index contributed by atoms with van der Waals surface area (Å²) in [5.74, 6) is -3.39. The van der Waals surface area contributed by atoms with E-state index in [1.165, 1.54) is 37.3 Å². The Hall–Kier alpha value is -4.13. The number of ether oxygens (including phenoxy) is 5. The van der Waals surface area contributed by atoms with Gasteiger partial charge in [0.05, 0.1) is 5.56 Å². The van der Waals surface area contributed by atoms with Gasteiger partial charge in [-0.2, -0.15) is 0 Å². The smallest absolute Gasteiger partial charge is 0.303 e. The van der Waals surface area contributed by atoms with Crippen LogP contribution in [-0.4, -0.2) is 61.2 Å². The Bertz CT molecular complexity index is 1600. The van der Waals surface area contributed by atoms with Crippen LogP contribution in [-0.2, 0) is 49.3 Å². The second-order valence-corrected chi connectivity index (χ2v) is 11.8. The molecule has 1 fully saturated rings.